The van der Waals surface area contributed by atoms with Crippen molar-refractivity contribution in [2.45, 2.75) is 12.6 Å². The third-order valence-corrected chi connectivity index (χ3v) is 3.59. The summed E-state index contributed by atoms with van der Waals surface area (Å²) in [7, 11) is 0. The van der Waals surface area contributed by atoms with Crippen LogP contribution in [0.15, 0.2) is 30.3 Å². The van der Waals surface area contributed by atoms with Crippen LogP contribution in [-0.4, -0.2) is 25.2 Å². The van der Waals surface area contributed by atoms with Crippen molar-refractivity contribution in [2.24, 2.45) is 11.8 Å². The van der Waals surface area contributed by atoms with E-state index in [-0.39, 0.29) is 18.5 Å². The minimum absolute atomic E-state index is 0. The molecule has 18 heavy (non-hydrogen) atoms. The molecule has 2 fully saturated rings. The molecule has 2 aliphatic rings. The second-order valence-corrected chi connectivity index (χ2v) is 4.72. The van der Waals surface area contributed by atoms with Gasteiger partial charge in [-0.2, -0.15) is 0 Å². The van der Waals surface area contributed by atoms with Crippen LogP contribution in [-0.2, 0) is 11.3 Å². The first kappa shape index (κ1) is 13.2. The summed E-state index contributed by atoms with van der Waals surface area (Å²) in [5.41, 5.74) is 1.01. The molecule has 1 aromatic carbocycles. The first-order chi connectivity index (χ1) is 8.34. The largest absolute Gasteiger partial charge is 0.445 e. The molecule has 5 heteroatoms. The van der Waals surface area contributed by atoms with E-state index in [0.717, 1.165) is 18.7 Å². The molecular weight excluding hydrogens is 252 g/mol. The Balaban J connectivity index is 0.00000120. The fourth-order valence-electron chi connectivity index (χ4n) is 2.53. The lowest BCUT2D eigenvalue weighted by atomic mass is 10.2. The van der Waals surface area contributed by atoms with E-state index in [0.29, 0.717) is 24.5 Å². The van der Waals surface area contributed by atoms with Gasteiger partial charge in [-0.3, -0.25) is 0 Å². The normalized spacial score (nSPS) is 27.9. The van der Waals surface area contributed by atoms with Gasteiger partial charge in [-0.25, -0.2) is 4.79 Å². The van der Waals surface area contributed by atoms with E-state index >= 15 is 0 Å². The fraction of sp³-hybridized carbons (Fsp3) is 0.462. The van der Waals surface area contributed by atoms with E-state index in [2.05, 4.69) is 10.6 Å². The topological polar surface area (TPSA) is 50.4 Å². The van der Waals surface area contributed by atoms with Crippen molar-refractivity contribution in [3.05, 3.63) is 35.9 Å². The number of hydrogen-bond acceptors (Lipinski definition) is 3. The lowest BCUT2D eigenvalue weighted by Gasteiger charge is -2.08. The number of benzene rings is 1. The monoisotopic (exact) mass is 268 g/mol. The molecule has 0 radical (unpaired) electrons. The number of carbonyl (C=O) groups is 1. The molecule has 1 aromatic rings. The summed E-state index contributed by atoms with van der Waals surface area (Å²) >= 11 is 0. The minimum Gasteiger partial charge on any atom is -0.445 e. The van der Waals surface area contributed by atoms with Crippen molar-refractivity contribution in [1.29, 1.82) is 0 Å². The molecule has 1 amide bonds. The van der Waals surface area contributed by atoms with Gasteiger partial charge in [-0.1, -0.05) is 30.3 Å². The van der Waals surface area contributed by atoms with Gasteiger partial charge in [0.25, 0.3) is 0 Å². The van der Waals surface area contributed by atoms with E-state index in [9.17, 15) is 4.79 Å². The van der Waals surface area contributed by atoms with Crippen LogP contribution in [0.3, 0.4) is 0 Å². The zero-order chi connectivity index (χ0) is 11.7. The summed E-state index contributed by atoms with van der Waals surface area (Å²) in [6.07, 6.45) is -0.298. The average molecular weight is 269 g/mol. The molecule has 3 rings (SSSR count). The van der Waals surface area contributed by atoms with Crippen molar-refractivity contribution in [3.63, 3.8) is 0 Å². The predicted molar refractivity (Wildman–Crippen MR) is 70.6 cm³/mol. The highest BCUT2D eigenvalue weighted by atomic mass is 35.5. The van der Waals surface area contributed by atoms with Crippen LogP contribution in [0.5, 0.6) is 0 Å². The van der Waals surface area contributed by atoms with Gasteiger partial charge in [0, 0.05) is 19.1 Å². The van der Waals surface area contributed by atoms with E-state index in [1.54, 1.807) is 0 Å². The van der Waals surface area contributed by atoms with Gasteiger partial charge in [-0.15, -0.1) is 12.4 Å². The number of hydrogen-bond donors (Lipinski definition) is 2. The molecule has 0 bridgehead atoms. The fourth-order valence-corrected chi connectivity index (χ4v) is 2.53. The zero-order valence-corrected chi connectivity index (χ0v) is 10.8. The SMILES string of the molecule is Cl.O=C(NC1[C@@H]2CNC[C@@H]12)OCc1ccccc1. The molecule has 4 nitrogen and oxygen atoms in total. The molecule has 0 aromatic heterocycles. The maximum Gasteiger partial charge on any atom is 0.407 e. The third kappa shape index (κ3) is 2.76. The lowest BCUT2D eigenvalue weighted by molar-refractivity contribution is 0.138. The number of alkyl carbamates (subject to hydrolysis) is 1. The Morgan fingerprint density at radius 1 is 1.28 bits per heavy atom. The minimum atomic E-state index is -0.298. The number of fused-ring (bicyclic) bond motifs is 1. The highest BCUT2D eigenvalue weighted by Crippen LogP contribution is 2.41. The summed E-state index contributed by atoms with van der Waals surface area (Å²) in [6.45, 7) is 2.38. The van der Waals surface area contributed by atoms with Crippen molar-refractivity contribution in [3.8, 4) is 0 Å². The molecule has 0 spiro atoms. The molecule has 2 N–H and O–H groups in total. The summed E-state index contributed by atoms with van der Waals surface area (Å²) < 4.78 is 5.17. The highest BCUT2D eigenvalue weighted by molar-refractivity contribution is 5.85. The standard InChI is InChI=1S/C13H16N2O2.ClH/c16-13(15-12-10-6-14-7-11(10)12)17-8-9-4-2-1-3-5-9;/h1-5,10-12,14H,6-8H2,(H,15,16);1H/t10-,11-;/m1./s1. The second-order valence-electron chi connectivity index (χ2n) is 4.72. The van der Waals surface area contributed by atoms with Crippen LogP contribution >= 0.6 is 12.4 Å². The van der Waals surface area contributed by atoms with Gasteiger partial charge in [0.15, 0.2) is 0 Å². The van der Waals surface area contributed by atoms with E-state index in [1.807, 2.05) is 30.3 Å². The molecule has 1 heterocycles. The smallest absolute Gasteiger partial charge is 0.407 e. The summed E-state index contributed by atoms with van der Waals surface area (Å²) in [6, 6.07) is 10.1. The van der Waals surface area contributed by atoms with Gasteiger partial charge in [0.05, 0.1) is 0 Å². The van der Waals surface area contributed by atoms with E-state index in [1.165, 1.54) is 0 Å². The summed E-state index contributed by atoms with van der Waals surface area (Å²) in [4.78, 5) is 11.5. The van der Waals surface area contributed by atoms with E-state index < -0.39 is 0 Å². The van der Waals surface area contributed by atoms with E-state index in [4.69, 9.17) is 4.74 Å². The molecule has 1 saturated heterocycles. The van der Waals surface area contributed by atoms with Gasteiger partial charge in [0.2, 0.25) is 0 Å². The predicted octanol–water partition coefficient (Wildman–Crippen LogP) is 1.55. The highest BCUT2D eigenvalue weighted by Gasteiger charge is 2.53. The summed E-state index contributed by atoms with van der Waals surface area (Å²) in [5, 5.41) is 6.22. The Morgan fingerprint density at radius 3 is 2.61 bits per heavy atom. The maximum atomic E-state index is 11.5. The first-order valence-electron chi connectivity index (χ1n) is 6.02. The maximum absolute atomic E-state index is 11.5. The molecule has 1 aliphatic carbocycles. The van der Waals surface area contributed by atoms with Crippen LogP contribution < -0.4 is 10.6 Å². The molecule has 1 aliphatic heterocycles. The number of halogens is 1. The van der Waals surface area contributed by atoms with Crippen molar-refractivity contribution in [2.75, 3.05) is 13.1 Å². The molecule has 2 atom stereocenters. The Kier molecular flexibility index (Phi) is 4.09. The second kappa shape index (κ2) is 5.59. The third-order valence-electron chi connectivity index (χ3n) is 3.59. The van der Waals surface area contributed by atoms with Crippen LogP contribution in [0.2, 0.25) is 0 Å². The number of piperidine rings is 1. The summed E-state index contributed by atoms with van der Waals surface area (Å²) in [5.74, 6) is 1.25. The lowest BCUT2D eigenvalue weighted by Crippen LogP contribution is -2.32. The quantitative estimate of drug-likeness (QED) is 0.875. The Morgan fingerprint density at radius 2 is 1.94 bits per heavy atom. The van der Waals surface area contributed by atoms with Gasteiger partial charge in [-0.05, 0) is 17.4 Å². The van der Waals surface area contributed by atoms with Crippen LogP contribution in [0, 0.1) is 11.8 Å². The first-order valence-corrected chi connectivity index (χ1v) is 6.02. The average Bonchev–Trinajstić information content (AvgIpc) is 2.79. The number of ether oxygens (including phenoxy) is 1. The number of nitrogens with one attached hydrogen (secondary N) is 2. The van der Waals surface area contributed by atoms with Gasteiger partial charge in [0.1, 0.15) is 6.61 Å². The molecular formula is C13H17ClN2O2. The van der Waals surface area contributed by atoms with Crippen LogP contribution in [0.1, 0.15) is 5.56 Å². The Bertz CT molecular complexity index is 403. The van der Waals surface area contributed by atoms with Crippen molar-refractivity contribution in [1.82, 2.24) is 10.6 Å². The molecule has 0 unspecified atom stereocenters. The Hall–Kier alpha value is -1.26. The molecule has 98 valence electrons. The number of carbonyl (C=O) groups excluding carboxylic acids is 1. The zero-order valence-electron chi connectivity index (χ0n) is 9.96. The molecule has 1 saturated carbocycles. The van der Waals surface area contributed by atoms with Crippen LogP contribution in [0.4, 0.5) is 4.79 Å². The van der Waals surface area contributed by atoms with Gasteiger partial charge < -0.3 is 15.4 Å². The van der Waals surface area contributed by atoms with Crippen molar-refractivity contribution < 1.29 is 9.53 Å². The number of rotatable bonds is 3. The van der Waals surface area contributed by atoms with Crippen molar-refractivity contribution >= 4 is 18.5 Å². The van der Waals surface area contributed by atoms with Gasteiger partial charge >= 0.3 is 6.09 Å². The van der Waals surface area contributed by atoms with Crippen LogP contribution in [0.25, 0.3) is 0 Å². The number of amides is 1. The Labute approximate surface area is 113 Å².